The molecule has 1 saturated heterocycles. The molecule has 22 heavy (non-hydrogen) atoms. The first kappa shape index (κ1) is 16.7. The summed E-state index contributed by atoms with van der Waals surface area (Å²) in [6.07, 6.45) is 0.645. The Morgan fingerprint density at radius 2 is 2.00 bits per heavy atom. The Morgan fingerprint density at radius 1 is 1.32 bits per heavy atom. The standard InChI is InChI=1S/C16H25N3O3/c1-13(17-7-2-10-20)16(21)18-14-3-5-15(6-4-14)19-8-11-22-12-9-19/h3-6,13,17,20H,2,7-12H2,1H3,(H,18,21). The second kappa shape index (κ2) is 8.73. The van der Waals surface area contributed by atoms with Crippen LogP contribution in [0.5, 0.6) is 0 Å². The van der Waals surface area contributed by atoms with E-state index < -0.39 is 0 Å². The lowest BCUT2D eigenvalue weighted by Crippen LogP contribution is -2.38. The molecule has 0 bridgehead atoms. The van der Waals surface area contributed by atoms with Gasteiger partial charge in [-0.05, 0) is 44.2 Å². The van der Waals surface area contributed by atoms with Crippen molar-refractivity contribution in [2.45, 2.75) is 19.4 Å². The molecule has 1 atom stereocenters. The van der Waals surface area contributed by atoms with E-state index in [9.17, 15) is 4.79 Å². The molecule has 1 aliphatic rings. The van der Waals surface area contributed by atoms with Crippen LogP contribution < -0.4 is 15.5 Å². The van der Waals surface area contributed by atoms with Crippen molar-refractivity contribution in [2.75, 3.05) is 49.7 Å². The number of nitrogens with zero attached hydrogens (tertiary/aromatic N) is 1. The van der Waals surface area contributed by atoms with E-state index in [0.29, 0.717) is 13.0 Å². The SMILES string of the molecule is CC(NCCCO)C(=O)Nc1ccc(N2CCOCC2)cc1. The summed E-state index contributed by atoms with van der Waals surface area (Å²) in [5.74, 6) is -0.0722. The second-order valence-electron chi connectivity index (χ2n) is 5.39. The molecule has 0 radical (unpaired) electrons. The highest BCUT2D eigenvalue weighted by atomic mass is 16.5. The fourth-order valence-electron chi connectivity index (χ4n) is 2.32. The number of aliphatic hydroxyl groups is 1. The second-order valence-corrected chi connectivity index (χ2v) is 5.39. The van der Waals surface area contributed by atoms with Crippen LogP contribution in [-0.4, -0.2) is 56.5 Å². The van der Waals surface area contributed by atoms with Crippen molar-refractivity contribution in [3.63, 3.8) is 0 Å². The molecule has 0 spiro atoms. The minimum atomic E-state index is -0.287. The fraction of sp³-hybridized carbons (Fsp3) is 0.562. The van der Waals surface area contributed by atoms with Gasteiger partial charge in [-0.2, -0.15) is 0 Å². The van der Waals surface area contributed by atoms with Gasteiger partial charge in [-0.25, -0.2) is 0 Å². The molecular weight excluding hydrogens is 282 g/mol. The van der Waals surface area contributed by atoms with Gasteiger partial charge in [-0.1, -0.05) is 0 Å². The Labute approximate surface area is 131 Å². The number of nitrogens with one attached hydrogen (secondary N) is 2. The van der Waals surface area contributed by atoms with Crippen LogP contribution in [0.25, 0.3) is 0 Å². The van der Waals surface area contributed by atoms with Gasteiger partial charge >= 0.3 is 0 Å². The van der Waals surface area contributed by atoms with Crippen LogP contribution in [0.15, 0.2) is 24.3 Å². The summed E-state index contributed by atoms with van der Waals surface area (Å²) in [5, 5.41) is 14.7. The van der Waals surface area contributed by atoms with E-state index in [1.54, 1.807) is 0 Å². The summed E-state index contributed by atoms with van der Waals surface area (Å²) in [7, 11) is 0. The molecule has 2 rings (SSSR count). The zero-order chi connectivity index (χ0) is 15.8. The van der Waals surface area contributed by atoms with Crippen molar-refractivity contribution in [3.05, 3.63) is 24.3 Å². The monoisotopic (exact) mass is 307 g/mol. The van der Waals surface area contributed by atoms with Crippen LogP contribution >= 0.6 is 0 Å². The Hall–Kier alpha value is -1.63. The van der Waals surface area contributed by atoms with E-state index in [2.05, 4.69) is 15.5 Å². The van der Waals surface area contributed by atoms with Gasteiger partial charge in [-0.3, -0.25) is 4.79 Å². The minimum absolute atomic E-state index is 0.0722. The molecule has 1 fully saturated rings. The fourth-order valence-corrected chi connectivity index (χ4v) is 2.32. The number of rotatable bonds is 7. The molecule has 0 aromatic heterocycles. The summed E-state index contributed by atoms with van der Waals surface area (Å²) in [6, 6.07) is 7.59. The number of anilines is 2. The zero-order valence-electron chi connectivity index (χ0n) is 13.0. The number of amides is 1. The molecular formula is C16H25N3O3. The van der Waals surface area contributed by atoms with Crippen molar-refractivity contribution in [2.24, 2.45) is 0 Å². The summed E-state index contributed by atoms with van der Waals surface area (Å²) in [5.41, 5.74) is 1.94. The van der Waals surface area contributed by atoms with Gasteiger partial charge in [0.2, 0.25) is 5.91 Å². The molecule has 0 saturated carbocycles. The van der Waals surface area contributed by atoms with E-state index in [4.69, 9.17) is 9.84 Å². The lowest BCUT2D eigenvalue weighted by atomic mass is 10.2. The maximum Gasteiger partial charge on any atom is 0.241 e. The highest BCUT2D eigenvalue weighted by Crippen LogP contribution is 2.19. The van der Waals surface area contributed by atoms with Crippen LogP contribution in [0.1, 0.15) is 13.3 Å². The normalized spacial score (nSPS) is 16.4. The number of aliphatic hydroxyl groups excluding tert-OH is 1. The first-order valence-corrected chi connectivity index (χ1v) is 7.78. The maximum atomic E-state index is 12.0. The predicted molar refractivity (Wildman–Crippen MR) is 87.3 cm³/mol. The highest BCUT2D eigenvalue weighted by Gasteiger charge is 2.13. The predicted octanol–water partition coefficient (Wildman–Crippen LogP) is 0.822. The zero-order valence-corrected chi connectivity index (χ0v) is 13.0. The molecule has 122 valence electrons. The summed E-state index contributed by atoms with van der Waals surface area (Å²) < 4.78 is 5.34. The van der Waals surface area contributed by atoms with Gasteiger partial charge in [0.25, 0.3) is 0 Å². The number of hydrogen-bond acceptors (Lipinski definition) is 5. The maximum absolute atomic E-state index is 12.0. The number of ether oxygens (including phenoxy) is 1. The van der Waals surface area contributed by atoms with Crippen LogP contribution in [-0.2, 0) is 9.53 Å². The third-order valence-electron chi connectivity index (χ3n) is 3.69. The van der Waals surface area contributed by atoms with Gasteiger partial charge < -0.3 is 25.4 Å². The quantitative estimate of drug-likeness (QED) is 0.651. The van der Waals surface area contributed by atoms with Crippen molar-refractivity contribution >= 4 is 17.3 Å². The molecule has 1 aromatic rings. The molecule has 1 heterocycles. The van der Waals surface area contributed by atoms with Crippen molar-refractivity contribution < 1.29 is 14.6 Å². The van der Waals surface area contributed by atoms with Crippen LogP contribution in [0.2, 0.25) is 0 Å². The molecule has 1 unspecified atom stereocenters. The Bertz CT molecular complexity index is 458. The molecule has 1 amide bonds. The molecule has 3 N–H and O–H groups in total. The van der Waals surface area contributed by atoms with Crippen molar-refractivity contribution in [1.29, 1.82) is 0 Å². The summed E-state index contributed by atoms with van der Waals surface area (Å²) in [4.78, 5) is 14.3. The smallest absolute Gasteiger partial charge is 0.241 e. The van der Waals surface area contributed by atoms with Gasteiger partial charge in [0, 0.05) is 31.1 Å². The first-order chi connectivity index (χ1) is 10.7. The lowest BCUT2D eigenvalue weighted by Gasteiger charge is -2.29. The third-order valence-corrected chi connectivity index (χ3v) is 3.69. The van der Waals surface area contributed by atoms with Gasteiger partial charge in [-0.15, -0.1) is 0 Å². The van der Waals surface area contributed by atoms with Crippen molar-refractivity contribution in [3.8, 4) is 0 Å². The van der Waals surface area contributed by atoms with E-state index in [1.807, 2.05) is 31.2 Å². The third kappa shape index (κ3) is 4.98. The summed E-state index contributed by atoms with van der Waals surface area (Å²) in [6.45, 7) is 5.89. The number of benzene rings is 1. The van der Waals surface area contributed by atoms with Crippen molar-refractivity contribution in [1.82, 2.24) is 5.32 Å². The van der Waals surface area contributed by atoms with E-state index in [1.165, 1.54) is 0 Å². The molecule has 6 heteroatoms. The average molecular weight is 307 g/mol. The lowest BCUT2D eigenvalue weighted by molar-refractivity contribution is -0.117. The van der Waals surface area contributed by atoms with Crippen LogP contribution in [0, 0.1) is 0 Å². The van der Waals surface area contributed by atoms with E-state index >= 15 is 0 Å². The van der Waals surface area contributed by atoms with Crippen LogP contribution in [0.4, 0.5) is 11.4 Å². The summed E-state index contributed by atoms with van der Waals surface area (Å²) >= 11 is 0. The van der Waals surface area contributed by atoms with Gasteiger partial charge in [0.05, 0.1) is 19.3 Å². The molecule has 1 aliphatic heterocycles. The number of morpholine rings is 1. The first-order valence-electron chi connectivity index (χ1n) is 7.78. The molecule has 1 aromatic carbocycles. The highest BCUT2D eigenvalue weighted by molar-refractivity contribution is 5.94. The number of hydrogen-bond donors (Lipinski definition) is 3. The van der Waals surface area contributed by atoms with Gasteiger partial charge in [0.15, 0.2) is 0 Å². The minimum Gasteiger partial charge on any atom is -0.396 e. The Kier molecular flexibility index (Phi) is 6.64. The Morgan fingerprint density at radius 3 is 2.64 bits per heavy atom. The molecule has 0 aliphatic carbocycles. The van der Waals surface area contributed by atoms with E-state index in [-0.39, 0.29) is 18.6 Å². The average Bonchev–Trinajstić information content (AvgIpc) is 2.56. The number of carbonyl (C=O) groups excluding carboxylic acids is 1. The molecule has 6 nitrogen and oxygen atoms in total. The van der Waals surface area contributed by atoms with Gasteiger partial charge in [0.1, 0.15) is 0 Å². The number of carbonyl (C=O) groups is 1. The largest absolute Gasteiger partial charge is 0.396 e. The topological polar surface area (TPSA) is 73.8 Å². The van der Waals surface area contributed by atoms with E-state index in [0.717, 1.165) is 37.7 Å². The Balaban J connectivity index is 1.83. The van der Waals surface area contributed by atoms with Crippen LogP contribution in [0.3, 0.4) is 0 Å².